The maximum absolute atomic E-state index is 13.3. The van der Waals surface area contributed by atoms with Gasteiger partial charge in [0.2, 0.25) is 0 Å². The third-order valence-electron chi connectivity index (χ3n) is 4.91. The van der Waals surface area contributed by atoms with Crippen molar-refractivity contribution in [2.24, 2.45) is 4.99 Å². The third kappa shape index (κ3) is 4.31. The first-order valence-electron chi connectivity index (χ1n) is 9.57. The van der Waals surface area contributed by atoms with E-state index in [0.717, 1.165) is 11.1 Å². The molecular weight excluding hydrogens is 432 g/mol. The Hall–Kier alpha value is -3.22. The van der Waals surface area contributed by atoms with Gasteiger partial charge in [-0.05, 0) is 36.3 Å². The number of esters is 1. The summed E-state index contributed by atoms with van der Waals surface area (Å²) in [6.07, 6.45) is 5.53. The molecule has 31 heavy (non-hydrogen) atoms. The highest BCUT2D eigenvalue weighted by atomic mass is 35.5. The molecule has 0 aliphatic carbocycles. The quantitative estimate of drug-likeness (QED) is 0.569. The van der Waals surface area contributed by atoms with E-state index in [9.17, 15) is 9.59 Å². The molecule has 1 aromatic heterocycles. The van der Waals surface area contributed by atoms with Crippen LogP contribution in [0.2, 0.25) is 5.02 Å². The Bertz CT molecular complexity index is 1370. The van der Waals surface area contributed by atoms with Crippen molar-refractivity contribution in [3.63, 3.8) is 0 Å². The fraction of sp³-hybridized carbons (Fsp3) is 0.125. The minimum absolute atomic E-state index is 0.213. The first-order valence-corrected chi connectivity index (χ1v) is 10.8. The van der Waals surface area contributed by atoms with Crippen LogP contribution in [0.5, 0.6) is 0 Å². The largest absolute Gasteiger partial charge is 0.466 e. The van der Waals surface area contributed by atoms with Crippen molar-refractivity contribution in [2.45, 2.75) is 13.0 Å². The SMILES string of the molecule is COC(=O)C1=C(C)N=c2s/c(=C/c3ccc(Cl)cc3)c(=O)n2C1/C=C/c1ccccc1. The predicted octanol–water partition coefficient (Wildman–Crippen LogP) is 3.73. The van der Waals surface area contributed by atoms with Gasteiger partial charge in [-0.1, -0.05) is 77.6 Å². The van der Waals surface area contributed by atoms with Crippen LogP contribution in [0.25, 0.3) is 12.2 Å². The molecule has 0 amide bonds. The van der Waals surface area contributed by atoms with Gasteiger partial charge in [-0.25, -0.2) is 9.79 Å². The van der Waals surface area contributed by atoms with Crippen molar-refractivity contribution < 1.29 is 9.53 Å². The molecule has 0 radical (unpaired) electrons. The number of ether oxygens (including phenoxy) is 1. The predicted molar refractivity (Wildman–Crippen MR) is 124 cm³/mol. The molecule has 1 atom stereocenters. The highest BCUT2D eigenvalue weighted by Crippen LogP contribution is 2.26. The molecule has 0 N–H and O–H groups in total. The van der Waals surface area contributed by atoms with Gasteiger partial charge in [-0.3, -0.25) is 9.36 Å². The number of rotatable bonds is 4. The summed E-state index contributed by atoms with van der Waals surface area (Å²) in [5.74, 6) is -0.504. The van der Waals surface area contributed by atoms with Crippen LogP contribution in [0.3, 0.4) is 0 Å². The fourth-order valence-corrected chi connectivity index (χ4v) is 4.58. The average Bonchev–Trinajstić information content (AvgIpc) is 3.08. The number of allylic oxidation sites excluding steroid dienone is 2. The summed E-state index contributed by atoms with van der Waals surface area (Å²) < 4.78 is 7.06. The van der Waals surface area contributed by atoms with E-state index >= 15 is 0 Å². The van der Waals surface area contributed by atoms with E-state index in [1.165, 1.54) is 18.4 Å². The monoisotopic (exact) mass is 450 g/mol. The van der Waals surface area contributed by atoms with Crippen molar-refractivity contribution >= 4 is 41.1 Å². The first-order chi connectivity index (χ1) is 15.0. The number of fused-ring (bicyclic) bond motifs is 1. The summed E-state index contributed by atoms with van der Waals surface area (Å²) >= 11 is 7.25. The number of hydrogen-bond donors (Lipinski definition) is 0. The second-order valence-corrected chi connectivity index (χ2v) is 8.38. The third-order valence-corrected chi connectivity index (χ3v) is 6.14. The zero-order chi connectivity index (χ0) is 22.0. The van der Waals surface area contributed by atoms with E-state index in [0.29, 0.717) is 25.6 Å². The summed E-state index contributed by atoms with van der Waals surface area (Å²) in [6.45, 7) is 1.76. The highest BCUT2D eigenvalue weighted by molar-refractivity contribution is 7.07. The van der Waals surface area contributed by atoms with Gasteiger partial charge in [0.1, 0.15) is 0 Å². The highest BCUT2D eigenvalue weighted by Gasteiger charge is 2.29. The van der Waals surface area contributed by atoms with Crippen LogP contribution in [-0.4, -0.2) is 17.6 Å². The lowest BCUT2D eigenvalue weighted by molar-refractivity contribution is -0.136. The Morgan fingerprint density at radius 1 is 1.13 bits per heavy atom. The first kappa shape index (κ1) is 21.0. The molecule has 1 unspecified atom stereocenters. The van der Waals surface area contributed by atoms with Gasteiger partial charge < -0.3 is 4.74 Å². The lowest BCUT2D eigenvalue weighted by Crippen LogP contribution is -2.38. The molecule has 0 saturated carbocycles. The second-order valence-electron chi connectivity index (χ2n) is 6.94. The molecule has 1 aliphatic rings. The number of methoxy groups -OCH3 is 1. The van der Waals surface area contributed by atoms with Gasteiger partial charge in [-0.2, -0.15) is 0 Å². The number of carbonyl (C=O) groups is 1. The Kier molecular flexibility index (Phi) is 6.02. The fourth-order valence-electron chi connectivity index (χ4n) is 3.39. The van der Waals surface area contributed by atoms with Crippen LogP contribution < -0.4 is 14.9 Å². The standard InChI is InChI=1S/C24H19ClN2O3S/c1-15-21(23(29)30-2)19(13-10-16-6-4-3-5-7-16)27-22(28)20(31-24(27)26-15)14-17-8-11-18(25)12-9-17/h3-14,19H,1-2H3/b13-10+,20-14+. The molecule has 0 bridgehead atoms. The van der Waals surface area contributed by atoms with Crippen molar-refractivity contribution in [1.29, 1.82) is 0 Å². The molecule has 3 aromatic rings. The van der Waals surface area contributed by atoms with Crippen LogP contribution in [0, 0.1) is 0 Å². The Morgan fingerprint density at radius 2 is 1.84 bits per heavy atom. The summed E-state index contributed by atoms with van der Waals surface area (Å²) in [4.78, 5) is 30.9. The van der Waals surface area contributed by atoms with E-state index in [4.69, 9.17) is 16.3 Å². The van der Waals surface area contributed by atoms with E-state index < -0.39 is 12.0 Å². The summed E-state index contributed by atoms with van der Waals surface area (Å²) in [5.41, 5.74) is 2.49. The molecule has 0 fully saturated rings. The van der Waals surface area contributed by atoms with Crippen molar-refractivity contribution in [2.75, 3.05) is 7.11 Å². The van der Waals surface area contributed by atoms with Gasteiger partial charge in [-0.15, -0.1) is 0 Å². The van der Waals surface area contributed by atoms with Gasteiger partial charge in [0, 0.05) is 5.02 Å². The van der Waals surface area contributed by atoms with Gasteiger partial charge >= 0.3 is 5.97 Å². The summed E-state index contributed by atoms with van der Waals surface area (Å²) in [7, 11) is 1.33. The van der Waals surface area contributed by atoms with E-state index in [2.05, 4.69) is 4.99 Å². The molecule has 2 aromatic carbocycles. The molecular formula is C24H19ClN2O3S. The minimum Gasteiger partial charge on any atom is -0.466 e. The molecule has 0 spiro atoms. The van der Waals surface area contributed by atoms with Crippen molar-refractivity contribution in [3.8, 4) is 0 Å². The van der Waals surface area contributed by atoms with Crippen LogP contribution in [-0.2, 0) is 9.53 Å². The van der Waals surface area contributed by atoms with E-state index in [1.54, 1.807) is 29.7 Å². The van der Waals surface area contributed by atoms with Crippen molar-refractivity contribution in [1.82, 2.24) is 4.57 Å². The number of nitrogens with zero attached hydrogens (tertiary/aromatic N) is 2. The number of thiazole rings is 1. The zero-order valence-corrected chi connectivity index (χ0v) is 18.5. The van der Waals surface area contributed by atoms with Crippen molar-refractivity contribution in [3.05, 3.63) is 108 Å². The van der Waals surface area contributed by atoms with Crippen LogP contribution in [0.4, 0.5) is 0 Å². The molecule has 4 rings (SSSR count). The van der Waals surface area contributed by atoms with Crippen LogP contribution >= 0.6 is 22.9 Å². The number of aromatic nitrogens is 1. The molecule has 156 valence electrons. The topological polar surface area (TPSA) is 60.7 Å². The Balaban J connectivity index is 1.88. The maximum Gasteiger partial charge on any atom is 0.338 e. The lowest BCUT2D eigenvalue weighted by atomic mass is 10.0. The zero-order valence-electron chi connectivity index (χ0n) is 16.9. The number of carbonyl (C=O) groups excluding carboxylic acids is 1. The smallest absolute Gasteiger partial charge is 0.338 e. The summed E-state index contributed by atoms with van der Waals surface area (Å²) in [6, 6.07) is 16.3. The second kappa shape index (κ2) is 8.88. The van der Waals surface area contributed by atoms with Gasteiger partial charge in [0.05, 0.1) is 29.0 Å². The lowest BCUT2D eigenvalue weighted by Gasteiger charge is -2.21. The molecule has 2 heterocycles. The number of benzene rings is 2. The Labute approximate surface area is 187 Å². The minimum atomic E-state index is -0.615. The molecule has 5 nitrogen and oxygen atoms in total. The van der Waals surface area contributed by atoms with Gasteiger partial charge in [0.15, 0.2) is 4.80 Å². The maximum atomic E-state index is 13.3. The van der Waals surface area contributed by atoms with Crippen LogP contribution in [0.15, 0.2) is 81.7 Å². The van der Waals surface area contributed by atoms with E-state index in [-0.39, 0.29) is 5.56 Å². The average molecular weight is 451 g/mol. The number of halogens is 1. The normalized spacial score (nSPS) is 16.4. The van der Waals surface area contributed by atoms with Crippen LogP contribution in [0.1, 0.15) is 24.1 Å². The van der Waals surface area contributed by atoms with Gasteiger partial charge in [0.25, 0.3) is 5.56 Å². The molecule has 1 aliphatic heterocycles. The molecule has 7 heteroatoms. The summed E-state index contributed by atoms with van der Waals surface area (Å²) in [5, 5.41) is 0.628. The number of hydrogen-bond acceptors (Lipinski definition) is 5. The molecule has 0 saturated heterocycles. The van der Waals surface area contributed by atoms with E-state index in [1.807, 2.05) is 54.6 Å². The Morgan fingerprint density at radius 3 is 2.52 bits per heavy atom.